The molecule has 0 saturated carbocycles. The number of hydrogen-bond acceptors (Lipinski definition) is 4. The number of aromatic nitrogens is 3. The van der Waals surface area contributed by atoms with Crippen LogP contribution in [0.3, 0.4) is 0 Å². The monoisotopic (exact) mass is 443 g/mol. The Morgan fingerprint density at radius 3 is 2.55 bits per heavy atom. The van der Waals surface area contributed by atoms with Crippen LogP contribution in [-0.4, -0.2) is 14.5 Å². The Balaban J connectivity index is 1.75. The smallest absolute Gasteiger partial charge is 0.268 e. The molecule has 6 heteroatoms. The summed E-state index contributed by atoms with van der Waals surface area (Å²) in [5.74, 6) is 0.534. The third-order valence-corrected chi connectivity index (χ3v) is 6.35. The highest BCUT2D eigenvalue weighted by atomic mass is 35.5. The van der Waals surface area contributed by atoms with Crippen molar-refractivity contribution >= 4 is 56.2 Å². The highest BCUT2D eigenvalue weighted by molar-refractivity contribution is 7.20. The van der Waals surface area contributed by atoms with Gasteiger partial charge >= 0.3 is 0 Å². The van der Waals surface area contributed by atoms with Gasteiger partial charge in [-0.2, -0.15) is 0 Å². The molecule has 0 fully saturated rings. The molecule has 0 bridgehead atoms. The largest absolute Gasteiger partial charge is 0.268 e. The van der Waals surface area contributed by atoms with Crippen LogP contribution in [0.5, 0.6) is 0 Å². The van der Waals surface area contributed by atoms with Crippen molar-refractivity contribution in [3.05, 3.63) is 98.6 Å². The van der Waals surface area contributed by atoms with Crippen LogP contribution >= 0.6 is 22.9 Å². The van der Waals surface area contributed by atoms with Crippen LogP contribution < -0.4 is 5.56 Å². The first-order valence-electron chi connectivity index (χ1n) is 9.83. The Morgan fingerprint density at radius 2 is 1.74 bits per heavy atom. The molecule has 0 saturated heterocycles. The van der Waals surface area contributed by atoms with Crippen molar-refractivity contribution in [1.82, 2.24) is 14.5 Å². The Hall–Kier alpha value is -3.28. The molecule has 0 N–H and O–H groups in total. The molecule has 5 rings (SSSR count). The topological polar surface area (TPSA) is 47.8 Å². The molecule has 3 aromatic carbocycles. The van der Waals surface area contributed by atoms with Crippen molar-refractivity contribution in [2.45, 2.75) is 13.8 Å². The van der Waals surface area contributed by atoms with Crippen molar-refractivity contribution in [2.24, 2.45) is 0 Å². The average molecular weight is 444 g/mol. The molecular formula is C25H18ClN3OS. The fraction of sp³-hybridized carbons (Fsp3) is 0.0800. The number of fused-ring (bicyclic) bond motifs is 2. The zero-order valence-corrected chi connectivity index (χ0v) is 18.5. The standard InChI is InChI=1S/C25H18ClN3OS/c1-15-13-16(2)23-21(14-15)31-25(28-23)29-22(12-9-17-7-10-18(26)11-8-17)27-20-6-4-3-5-19(20)24(29)30/h3-14H,1-2H3/b12-9+. The Labute approximate surface area is 188 Å². The Kier molecular flexibility index (Phi) is 4.93. The summed E-state index contributed by atoms with van der Waals surface area (Å²) < 4.78 is 2.66. The predicted molar refractivity (Wildman–Crippen MR) is 130 cm³/mol. The molecule has 2 aromatic heterocycles. The summed E-state index contributed by atoms with van der Waals surface area (Å²) in [7, 11) is 0. The number of rotatable bonds is 3. The summed E-state index contributed by atoms with van der Waals surface area (Å²) in [5.41, 5.74) is 4.68. The molecule has 0 aliphatic carbocycles. The first-order chi connectivity index (χ1) is 15.0. The summed E-state index contributed by atoms with van der Waals surface area (Å²) in [6.07, 6.45) is 3.77. The minimum absolute atomic E-state index is 0.130. The zero-order chi connectivity index (χ0) is 21.5. The van der Waals surface area contributed by atoms with E-state index in [-0.39, 0.29) is 5.56 Å². The van der Waals surface area contributed by atoms with Gasteiger partial charge in [0, 0.05) is 5.02 Å². The fourth-order valence-corrected chi connectivity index (χ4v) is 4.92. The predicted octanol–water partition coefficient (Wildman–Crippen LogP) is 6.44. The first kappa shape index (κ1) is 19.7. The molecule has 0 aliphatic rings. The van der Waals surface area contributed by atoms with Gasteiger partial charge in [0.1, 0.15) is 5.82 Å². The molecule has 0 aliphatic heterocycles. The van der Waals surface area contributed by atoms with Crippen molar-refractivity contribution < 1.29 is 0 Å². The van der Waals surface area contributed by atoms with E-state index in [0.29, 0.717) is 26.9 Å². The van der Waals surface area contributed by atoms with E-state index in [2.05, 4.69) is 19.1 Å². The van der Waals surface area contributed by atoms with Crippen LogP contribution in [0, 0.1) is 13.8 Å². The molecule has 0 unspecified atom stereocenters. The van der Waals surface area contributed by atoms with E-state index < -0.39 is 0 Å². The molecule has 0 radical (unpaired) electrons. The molecule has 0 spiro atoms. The van der Waals surface area contributed by atoms with E-state index in [1.54, 1.807) is 10.6 Å². The minimum Gasteiger partial charge on any atom is -0.268 e. The van der Waals surface area contributed by atoms with Gasteiger partial charge in [-0.15, -0.1) is 0 Å². The van der Waals surface area contributed by atoms with E-state index in [9.17, 15) is 4.79 Å². The lowest BCUT2D eigenvalue weighted by Crippen LogP contribution is -2.22. The summed E-state index contributed by atoms with van der Waals surface area (Å²) in [6, 6.07) is 19.1. The van der Waals surface area contributed by atoms with E-state index in [0.717, 1.165) is 21.3 Å². The third-order valence-electron chi connectivity index (χ3n) is 5.11. The van der Waals surface area contributed by atoms with Crippen LogP contribution in [0.25, 0.3) is 38.4 Å². The number of para-hydroxylation sites is 1. The lowest BCUT2D eigenvalue weighted by atomic mass is 10.1. The van der Waals surface area contributed by atoms with Crippen molar-refractivity contribution in [3.8, 4) is 5.13 Å². The third kappa shape index (κ3) is 3.67. The molecular weight excluding hydrogens is 426 g/mol. The fourth-order valence-electron chi connectivity index (χ4n) is 3.65. The van der Waals surface area contributed by atoms with Crippen LogP contribution in [-0.2, 0) is 0 Å². The van der Waals surface area contributed by atoms with Gasteiger partial charge in [0.2, 0.25) is 0 Å². The normalized spacial score (nSPS) is 11.7. The van der Waals surface area contributed by atoms with Gasteiger partial charge in [-0.3, -0.25) is 4.79 Å². The molecule has 4 nitrogen and oxygen atoms in total. The van der Waals surface area contributed by atoms with Gasteiger partial charge in [-0.1, -0.05) is 59.3 Å². The second kappa shape index (κ2) is 7.76. The van der Waals surface area contributed by atoms with E-state index >= 15 is 0 Å². The highest BCUT2D eigenvalue weighted by Gasteiger charge is 2.15. The zero-order valence-electron chi connectivity index (χ0n) is 17.0. The average Bonchev–Trinajstić information content (AvgIpc) is 3.17. The molecule has 5 aromatic rings. The maximum atomic E-state index is 13.5. The molecule has 152 valence electrons. The quantitative estimate of drug-likeness (QED) is 0.322. The van der Waals surface area contributed by atoms with Gasteiger partial charge in [-0.05, 0) is 66.9 Å². The number of halogens is 1. The number of benzene rings is 3. The van der Waals surface area contributed by atoms with Gasteiger partial charge in [-0.25, -0.2) is 14.5 Å². The van der Waals surface area contributed by atoms with E-state index in [1.807, 2.05) is 61.5 Å². The molecule has 0 amide bonds. The molecule has 0 atom stereocenters. The van der Waals surface area contributed by atoms with Gasteiger partial charge in [0.25, 0.3) is 5.56 Å². The second-order valence-electron chi connectivity index (χ2n) is 7.44. The van der Waals surface area contributed by atoms with Crippen LogP contribution in [0.15, 0.2) is 65.5 Å². The summed E-state index contributed by atoms with van der Waals surface area (Å²) in [6.45, 7) is 4.11. The highest BCUT2D eigenvalue weighted by Crippen LogP contribution is 2.29. The van der Waals surface area contributed by atoms with Gasteiger partial charge < -0.3 is 0 Å². The number of nitrogens with zero attached hydrogens (tertiary/aromatic N) is 3. The van der Waals surface area contributed by atoms with Gasteiger partial charge in [0.15, 0.2) is 5.13 Å². The number of hydrogen-bond donors (Lipinski definition) is 0. The maximum Gasteiger partial charge on any atom is 0.268 e. The summed E-state index contributed by atoms with van der Waals surface area (Å²) in [4.78, 5) is 23.1. The van der Waals surface area contributed by atoms with E-state index in [4.69, 9.17) is 21.6 Å². The second-order valence-corrected chi connectivity index (χ2v) is 8.88. The van der Waals surface area contributed by atoms with Crippen molar-refractivity contribution in [1.29, 1.82) is 0 Å². The maximum absolute atomic E-state index is 13.5. The summed E-state index contributed by atoms with van der Waals surface area (Å²) in [5, 5.41) is 1.86. The van der Waals surface area contributed by atoms with E-state index in [1.165, 1.54) is 16.9 Å². The minimum atomic E-state index is -0.130. The Bertz CT molecular complexity index is 1530. The van der Waals surface area contributed by atoms with Crippen LogP contribution in [0.4, 0.5) is 0 Å². The summed E-state index contributed by atoms with van der Waals surface area (Å²) >= 11 is 7.49. The lowest BCUT2D eigenvalue weighted by molar-refractivity contribution is 0.934. The first-order valence-corrected chi connectivity index (χ1v) is 11.0. The SMILES string of the molecule is Cc1cc(C)c2nc(-n3c(/C=C/c4ccc(Cl)cc4)nc4ccccc4c3=O)sc2c1. The molecule has 2 heterocycles. The Morgan fingerprint density at radius 1 is 0.968 bits per heavy atom. The van der Waals surface area contributed by atoms with Crippen LogP contribution in [0.2, 0.25) is 5.02 Å². The van der Waals surface area contributed by atoms with Crippen molar-refractivity contribution in [2.75, 3.05) is 0 Å². The molecule has 31 heavy (non-hydrogen) atoms. The number of aryl methyl sites for hydroxylation is 2. The number of thiazole rings is 1. The van der Waals surface area contributed by atoms with Gasteiger partial charge in [0.05, 0.1) is 21.1 Å². The van der Waals surface area contributed by atoms with Crippen LogP contribution in [0.1, 0.15) is 22.5 Å². The van der Waals surface area contributed by atoms with Crippen molar-refractivity contribution in [3.63, 3.8) is 0 Å². The lowest BCUT2D eigenvalue weighted by Gasteiger charge is -2.08.